The van der Waals surface area contributed by atoms with Crippen LogP contribution in [0.4, 0.5) is 8.78 Å². The molecule has 0 spiro atoms. The van der Waals surface area contributed by atoms with E-state index in [1.54, 1.807) is 0 Å². The van der Waals surface area contributed by atoms with Crippen LogP contribution in [0.25, 0.3) is 0 Å². The fraction of sp³-hybridized carbons (Fsp3) is 0.333. The lowest BCUT2D eigenvalue weighted by Gasteiger charge is -2.14. The van der Waals surface area contributed by atoms with Crippen LogP contribution in [0.15, 0.2) is 24.3 Å². The maximum absolute atomic E-state index is 12.5. The molecule has 0 aliphatic carbocycles. The van der Waals surface area contributed by atoms with Crippen LogP contribution in [-0.4, -0.2) is 20.5 Å². The molecule has 0 amide bonds. The summed E-state index contributed by atoms with van der Waals surface area (Å²) in [6.45, 7) is 0. The molecule has 5 heteroatoms. The Kier molecular flexibility index (Phi) is 3.24. The molecule has 0 atom stereocenters. The molecule has 14 heavy (non-hydrogen) atoms. The van der Waals surface area contributed by atoms with Gasteiger partial charge in [-0.05, 0) is 24.3 Å². The Bertz CT molecular complexity index is 285. The van der Waals surface area contributed by atoms with Crippen LogP contribution >= 0.6 is 0 Å². The third-order valence-electron chi connectivity index (χ3n) is 1.53. The predicted molar refractivity (Wildman–Crippen MR) is 45.6 cm³/mol. The highest BCUT2D eigenvalue weighted by Crippen LogP contribution is 2.23. The summed E-state index contributed by atoms with van der Waals surface area (Å²) in [4.78, 5) is 0. The number of halogens is 2. The minimum absolute atomic E-state index is 0.0117. The lowest BCUT2D eigenvalue weighted by molar-refractivity contribution is -0.342. The zero-order valence-electron chi connectivity index (χ0n) is 7.79. The molecule has 3 nitrogen and oxygen atoms in total. The maximum Gasteiger partial charge on any atom is 0.535 e. The van der Waals surface area contributed by atoms with Crippen LogP contribution in [0.5, 0.6) is 11.5 Å². The van der Waals surface area contributed by atoms with E-state index in [0.29, 0.717) is 5.75 Å². The van der Waals surface area contributed by atoms with Crippen molar-refractivity contribution in [3.8, 4) is 11.5 Å². The van der Waals surface area contributed by atoms with Gasteiger partial charge in [0, 0.05) is 7.11 Å². The number of hydrogen-bond donors (Lipinski definition) is 0. The number of benzene rings is 1. The molecule has 78 valence electrons. The lowest BCUT2D eigenvalue weighted by Crippen LogP contribution is -2.26. The summed E-state index contributed by atoms with van der Waals surface area (Å²) < 4.78 is 38.0. The van der Waals surface area contributed by atoms with Gasteiger partial charge in [-0.2, -0.15) is 0 Å². The van der Waals surface area contributed by atoms with Gasteiger partial charge in [-0.15, -0.1) is 8.78 Å². The van der Waals surface area contributed by atoms with Crippen molar-refractivity contribution in [1.29, 1.82) is 0 Å². The van der Waals surface area contributed by atoms with E-state index in [2.05, 4.69) is 9.47 Å². The molecule has 0 aromatic heterocycles. The Hall–Kier alpha value is -1.36. The second kappa shape index (κ2) is 4.23. The van der Waals surface area contributed by atoms with Gasteiger partial charge in [0.05, 0.1) is 7.11 Å². The first-order valence-electron chi connectivity index (χ1n) is 3.83. The standard InChI is InChI=1S/C9H10F2O3/c1-12-7-3-5-8(6-4-7)14-9(10,11)13-2/h3-6H,1-2H3. The average molecular weight is 204 g/mol. The summed E-state index contributed by atoms with van der Waals surface area (Å²) in [5.74, 6) is 0.579. The molecule has 1 aromatic rings. The number of methoxy groups -OCH3 is 2. The van der Waals surface area contributed by atoms with Gasteiger partial charge in [-0.25, -0.2) is 0 Å². The molecular formula is C9H10F2O3. The molecule has 0 aliphatic rings. The van der Waals surface area contributed by atoms with E-state index in [9.17, 15) is 8.78 Å². The summed E-state index contributed by atoms with van der Waals surface area (Å²) in [7, 11) is 2.35. The van der Waals surface area contributed by atoms with E-state index in [1.807, 2.05) is 0 Å². The summed E-state index contributed by atoms with van der Waals surface area (Å²) in [6, 6.07) is 5.76. The molecule has 0 aliphatic heterocycles. The Labute approximate surface area is 80.2 Å². The summed E-state index contributed by atoms with van der Waals surface area (Å²) >= 11 is 0. The molecule has 1 rings (SSSR count). The average Bonchev–Trinajstić information content (AvgIpc) is 2.19. The second-order valence-electron chi connectivity index (χ2n) is 2.45. The largest absolute Gasteiger partial charge is 0.535 e. The van der Waals surface area contributed by atoms with E-state index in [-0.39, 0.29) is 5.75 Å². The van der Waals surface area contributed by atoms with Gasteiger partial charge in [0.2, 0.25) is 0 Å². The first-order valence-corrected chi connectivity index (χ1v) is 3.83. The van der Waals surface area contributed by atoms with Crippen molar-refractivity contribution in [1.82, 2.24) is 0 Å². The van der Waals surface area contributed by atoms with E-state index < -0.39 is 6.29 Å². The highest BCUT2D eigenvalue weighted by molar-refractivity contribution is 5.31. The molecule has 0 radical (unpaired) electrons. The molecule has 0 saturated heterocycles. The molecule has 0 heterocycles. The van der Waals surface area contributed by atoms with Crippen LogP contribution in [0.2, 0.25) is 0 Å². The predicted octanol–water partition coefficient (Wildman–Crippen LogP) is 2.27. The number of alkyl halides is 2. The zero-order chi connectivity index (χ0) is 10.6. The van der Waals surface area contributed by atoms with Crippen LogP contribution in [-0.2, 0) is 4.74 Å². The van der Waals surface area contributed by atoms with Gasteiger partial charge in [0.15, 0.2) is 0 Å². The van der Waals surface area contributed by atoms with E-state index in [0.717, 1.165) is 7.11 Å². The van der Waals surface area contributed by atoms with Crippen molar-refractivity contribution in [3.05, 3.63) is 24.3 Å². The summed E-state index contributed by atoms with van der Waals surface area (Å²) in [5.41, 5.74) is 0. The zero-order valence-corrected chi connectivity index (χ0v) is 7.79. The second-order valence-corrected chi connectivity index (χ2v) is 2.45. The van der Waals surface area contributed by atoms with Crippen molar-refractivity contribution in [2.24, 2.45) is 0 Å². The minimum Gasteiger partial charge on any atom is -0.497 e. The van der Waals surface area contributed by atoms with Crippen LogP contribution < -0.4 is 9.47 Å². The van der Waals surface area contributed by atoms with Gasteiger partial charge in [0.25, 0.3) is 0 Å². The molecule has 0 unspecified atom stereocenters. The molecule has 0 bridgehead atoms. The highest BCUT2D eigenvalue weighted by Gasteiger charge is 2.31. The van der Waals surface area contributed by atoms with Crippen LogP contribution in [0.3, 0.4) is 0 Å². The Balaban J connectivity index is 2.69. The fourth-order valence-electron chi connectivity index (χ4n) is 0.823. The van der Waals surface area contributed by atoms with Crippen molar-refractivity contribution >= 4 is 0 Å². The van der Waals surface area contributed by atoms with Crippen LogP contribution in [0.1, 0.15) is 0 Å². The Morgan fingerprint density at radius 1 is 1.00 bits per heavy atom. The van der Waals surface area contributed by atoms with Gasteiger partial charge < -0.3 is 9.47 Å². The van der Waals surface area contributed by atoms with Crippen LogP contribution in [0, 0.1) is 0 Å². The van der Waals surface area contributed by atoms with Gasteiger partial charge in [0.1, 0.15) is 11.5 Å². The first-order chi connectivity index (χ1) is 6.57. The van der Waals surface area contributed by atoms with E-state index >= 15 is 0 Å². The highest BCUT2D eigenvalue weighted by atomic mass is 19.3. The maximum atomic E-state index is 12.5. The smallest absolute Gasteiger partial charge is 0.497 e. The molecule has 0 saturated carbocycles. The summed E-state index contributed by atoms with van der Waals surface area (Å²) in [5, 5.41) is 0. The fourth-order valence-corrected chi connectivity index (χ4v) is 0.823. The SMILES string of the molecule is COc1ccc(OC(F)(F)OC)cc1. The Morgan fingerprint density at radius 3 is 1.93 bits per heavy atom. The van der Waals surface area contributed by atoms with Crippen molar-refractivity contribution < 1.29 is 23.0 Å². The van der Waals surface area contributed by atoms with Crippen molar-refractivity contribution in [3.63, 3.8) is 0 Å². The summed E-state index contributed by atoms with van der Waals surface area (Å²) in [6.07, 6.45) is -3.60. The topological polar surface area (TPSA) is 27.7 Å². The molecule has 1 aromatic carbocycles. The van der Waals surface area contributed by atoms with E-state index in [1.165, 1.54) is 31.4 Å². The molecule has 0 fully saturated rings. The quantitative estimate of drug-likeness (QED) is 0.704. The molecule has 0 N–H and O–H groups in total. The van der Waals surface area contributed by atoms with E-state index in [4.69, 9.17) is 4.74 Å². The van der Waals surface area contributed by atoms with Gasteiger partial charge in [-0.3, -0.25) is 4.74 Å². The Morgan fingerprint density at radius 2 is 1.50 bits per heavy atom. The lowest BCUT2D eigenvalue weighted by atomic mass is 10.3. The third-order valence-corrected chi connectivity index (χ3v) is 1.53. The number of rotatable bonds is 4. The normalized spacial score (nSPS) is 11.1. The minimum atomic E-state index is -3.60. The molecular weight excluding hydrogens is 194 g/mol. The van der Waals surface area contributed by atoms with Crippen molar-refractivity contribution in [2.75, 3.05) is 14.2 Å². The first kappa shape index (κ1) is 10.7. The van der Waals surface area contributed by atoms with Gasteiger partial charge in [-0.1, -0.05) is 0 Å². The third kappa shape index (κ3) is 2.85. The number of hydrogen-bond acceptors (Lipinski definition) is 3. The van der Waals surface area contributed by atoms with Crippen molar-refractivity contribution in [2.45, 2.75) is 6.29 Å². The number of ether oxygens (including phenoxy) is 3. The van der Waals surface area contributed by atoms with Gasteiger partial charge >= 0.3 is 6.29 Å². The monoisotopic (exact) mass is 204 g/mol.